The van der Waals surface area contributed by atoms with Crippen molar-refractivity contribution in [3.63, 3.8) is 0 Å². The monoisotopic (exact) mass is 365 g/mol. The minimum Gasteiger partial charge on any atom is -0.375 e. The van der Waals surface area contributed by atoms with Gasteiger partial charge in [0, 0.05) is 6.04 Å². The number of rotatable bonds is 7. The zero-order valence-corrected chi connectivity index (χ0v) is 15.8. The lowest BCUT2D eigenvalue weighted by Gasteiger charge is -2.31. The summed E-state index contributed by atoms with van der Waals surface area (Å²) in [6.45, 7) is 2.20. The first kappa shape index (κ1) is 17.9. The lowest BCUT2D eigenvalue weighted by molar-refractivity contribution is -0.0253. The number of aromatic amines is 1. The van der Waals surface area contributed by atoms with Crippen molar-refractivity contribution >= 4 is 16.9 Å². The molecule has 2 heterocycles. The Balaban J connectivity index is 1.22. The molecule has 0 spiro atoms. The van der Waals surface area contributed by atoms with Crippen LogP contribution in [0.4, 0.5) is 5.82 Å². The highest BCUT2D eigenvalue weighted by atomic mass is 16.5. The molecule has 0 radical (unpaired) electrons. The quantitative estimate of drug-likeness (QED) is 0.659. The predicted octanol–water partition coefficient (Wildman–Crippen LogP) is 4.11. The van der Waals surface area contributed by atoms with Crippen molar-refractivity contribution in [2.45, 2.75) is 63.7 Å². The maximum absolute atomic E-state index is 6.30. The molecule has 0 bridgehead atoms. The lowest BCUT2D eigenvalue weighted by Crippen LogP contribution is -2.32. The van der Waals surface area contributed by atoms with Crippen molar-refractivity contribution in [3.05, 3.63) is 48.4 Å². The molecule has 0 amide bonds. The van der Waals surface area contributed by atoms with Crippen LogP contribution in [-0.2, 0) is 11.2 Å². The van der Waals surface area contributed by atoms with Gasteiger partial charge in [-0.15, -0.1) is 0 Å². The lowest BCUT2D eigenvalue weighted by atomic mass is 9.92. The average Bonchev–Trinajstić information content (AvgIpc) is 3.19. The van der Waals surface area contributed by atoms with Gasteiger partial charge in [0.15, 0.2) is 5.65 Å². The molecule has 1 atom stereocenters. The number of hydrogen-bond donors (Lipinski definition) is 2. The summed E-state index contributed by atoms with van der Waals surface area (Å²) in [7, 11) is 0. The zero-order chi connectivity index (χ0) is 18.5. The van der Waals surface area contributed by atoms with Crippen LogP contribution in [0.25, 0.3) is 11.0 Å². The summed E-state index contributed by atoms with van der Waals surface area (Å²) < 4.78 is 6.30. The van der Waals surface area contributed by atoms with E-state index in [1.807, 2.05) is 0 Å². The summed E-state index contributed by atoms with van der Waals surface area (Å²) in [5.74, 6) is 0.870. The SMILES string of the molecule is CC(CCc1ccccc1)OC1CCC(Nc2ncnc3[nH]ncc23)CC1. The molecule has 2 N–H and O–H groups in total. The molecule has 4 rings (SSSR count). The van der Waals surface area contributed by atoms with Gasteiger partial charge in [-0.05, 0) is 51.0 Å². The molecule has 1 aliphatic rings. The Hall–Kier alpha value is -2.47. The minimum atomic E-state index is 0.298. The number of nitrogens with zero attached hydrogens (tertiary/aromatic N) is 3. The first-order chi connectivity index (χ1) is 13.3. The molecule has 0 saturated heterocycles. The summed E-state index contributed by atoms with van der Waals surface area (Å²) in [6.07, 6.45) is 10.5. The van der Waals surface area contributed by atoms with Gasteiger partial charge in [0.05, 0.1) is 23.8 Å². The number of benzene rings is 1. The number of H-pyrrole nitrogens is 1. The molecule has 2 aromatic heterocycles. The maximum Gasteiger partial charge on any atom is 0.160 e. The highest BCUT2D eigenvalue weighted by Crippen LogP contribution is 2.27. The standard InChI is InChI=1S/C21H27N5O/c1-15(7-8-16-5-3-2-4-6-16)27-18-11-9-17(10-12-18)25-20-19-13-24-26-21(19)23-14-22-20/h2-6,13-15,17-18H,7-12H2,1H3,(H2,22,23,24,25,26). The Labute approximate surface area is 159 Å². The zero-order valence-electron chi connectivity index (χ0n) is 15.8. The van der Waals surface area contributed by atoms with Crippen LogP contribution in [0.1, 0.15) is 44.6 Å². The van der Waals surface area contributed by atoms with Crippen LogP contribution in [0.2, 0.25) is 0 Å². The van der Waals surface area contributed by atoms with Crippen molar-refractivity contribution in [1.29, 1.82) is 0 Å². The van der Waals surface area contributed by atoms with Gasteiger partial charge in [-0.2, -0.15) is 5.10 Å². The molecule has 1 unspecified atom stereocenters. The number of nitrogens with one attached hydrogen (secondary N) is 2. The third-order valence-electron chi connectivity index (χ3n) is 5.37. The number of ether oxygens (including phenoxy) is 1. The summed E-state index contributed by atoms with van der Waals surface area (Å²) >= 11 is 0. The Morgan fingerprint density at radius 1 is 1.15 bits per heavy atom. The van der Waals surface area contributed by atoms with Gasteiger partial charge >= 0.3 is 0 Å². The number of aromatic nitrogens is 4. The second kappa shape index (κ2) is 8.48. The molecule has 3 aromatic rings. The third kappa shape index (κ3) is 4.63. The molecule has 1 aromatic carbocycles. The molecular formula is C21H27N5O. The second-order valence-corrected chi connectivity index (χ2v) is 7.44. The van der Waals surface area contributed by atoms with E-state index in [1.54, 1.807) is 12.5 Å². The molecule has 142 valence electrons. The smallest absolute Gasteiger partial charge is 0.160 e. The Kier molecular flexibility index (Phi) is 5.63. The number of fused-ring (bicyclic) bond motifs is 1. The van der Waals surface area contributed by atoms with Crippen molar-refractivity contribution in [2.24, 2.45) is 0 Å². The van der Waals surface area contributed by atoms with Crippen LogP contribution >= 0.6 is 0 Å². The Morgan fingerprint density at radius 2 is 1.96 bits per heavy atom. The highest BCUT2D eigenvalue weighted by Gasteiger charge is 2.24. The van der Waals surface area contributed by atoms with Crippen molar-refractivity contribution in [3.8, 4) is 0 Å². The topological polar surface area (TPSA) is 75.7 Å². The van der Waals surface area contributed by atoms with E-state index in [-0.39, 0.29) is 0 Å². The van der Waals surface area contributed by atoms with Crippen LogP contribution in [0.3, 0.4) is 0 Å². The van der Waals surface area contributed by atoms with Crippen LogP contribution in [0.5, 0.6) is 0 Å². The van der Waals surface area contributed by atoms with Gasteiger partial charge in [0.2, 0.25) is 0 Å². The van der Waals surface area contributed by atoms with E-state index in [0.717, 1.165) is 55.4 Å². The number of hydrogen-bond acceptors (Lipinski definition) is 5. The summed E-state index contributed by atoms with van der Waals surface area (Å²) in [5.41, 5.74) is 2.16. The summed E-state index contributed by atoms with van der Waals surface area (Å²) in [6, 6.07) is 11.1. The Morgan fingerprint density at radius 3 is 2.78 bits per heavy atom. The van der Waals surface area contributed by atoms with Crippen LogP contribution in [0, 0.1) is 0 Å². The van der Waals surface area contributed by atoms with Gasteiger partial charge in [-0.25, -0.2) is 9.97 Å². The van der Waals surface area contributed by atoms with E-state index >= 15 is 0 Å². The van der Waals surface area contributed by atoms with E-state index in [2.05, 4.69) is 62.7 Å². The molecule has 1 fully saturated rings. The third-order valence-corrected chi connectivity index (χ3v) is 5.37. The van der Waals surface area contributed by atoms with E-state index in [4.69, 9.17) is 4.74 Å². The summed E-state index contributed by atoms with van der Waals surface area (Å²) in [5, 5.41) is 11.5. The Bertz CT molecular complexity index is 842. The number of aryl methyl sites for hydroxylation is 1. The molecule has 0 aliphatic heterocycles. The van der Waals surface area contributed by atoms with E-state index < -0.39 is 0 Å². The minimum absolute atomic E-state index is 0.298. The average molecular weight is 365 g/mol. The van der Waals surface area contributed by atoms with Gasteiger partial charge < -0.3 is 10.1 Å². The van der Waals surface area contributed by atoms with Gasteiger partial charge in [-0.1, -0.05) is 30.3 Å². The molecule has 6 nitrogen and oxygen atoms in total. The molecule has 27 heavy (non-hydrogen) atoms. The van der Waals surface area contributed by atoms with Crippen LogP contribution < -0.4 is 5.32 Å². The fourth-order valence-electron chi connectivity index (χ4n) is 3.83. The molecule has 6 heteroatoms. The fraction of sp³-hybridized carbons (Fsp3) is 0.476. The van der Waals surface area contributed by atoms with Crippen molar-refractivity contribution in [2.75, 3.05) is 5.32 Å². The summed E-state index contributed by atoms with van der Waals surface area (Å²) in [4.78, 5) is 8.57. The van der Waals surface area contributed by atoms with Crippen molar-refractivity contribution in [1.82, 2.24) is 20.2 Å². The second-order valence-electron chi connectivity index (χ2n) is 7.44. The molecular weight excluding hydrogens is 338 g/mol. The normalized spacial score (nSPS) is 21.2. The number of anilines is 1. The van der Waals surface area contributed by atoms with Gasteiger partial charge in [0.25, 0.3) is 0 Å². The van der Waals surface area contributed by atoms with E-state index in [0.29, 0.717) is 18.2 Å². The van der Waals surface area contributed by atoms with Gasteiger partial charge in [0.1, 0.15) is 12.1 Å². The highest BCUT2D eigenvalue weighted by molar-refractivity contribution is 5.85. The molecule has 1 saturated carbocycles. The molecule has 1 aliphatic carbocycles. The van der Waals surface area contributed by atoms with E-state index in [9.17, 15) is 0 Å². The van der Waals surface area contributed by atoms with Gasteiger partial charge in [-0.3, -0.25) is 5.10 Å². The van der Waals surface area contributed by atoms with Crippen LogP contribution in [0.15, 0.2) is 42.9 Å². The van der Waals surface area contributed by atoms with Crippen LogP contribution in [-0.4, -0.2) is 38.4 Å². The van der Waals surface area contributed by atoms with E-state index in [1.165, 1.54) is 5.56 Å². The maximum atomic E-state index is 6.30. The fourth-order valence-corrected chi connectivity index (χ4v) is 3.83. The largest absolute Gasteiger partial charge is 0.375 e. The predicted molar refractivity (Wildman–Crippen MR) is 107 cm³/mol. The first-order valence-corrected chi connectivity index (χ1v) is 9.88. The van der Waals surface area contributed by atoms with Crippen molar-refractivity contribution < 1.29 is 4.74 Å². The first-order valence-electron chi connectivity index (χ1n) is 9.88.